The first-order valence-corrected chi connectivity index (χ1v) is 4.78. The first kappa shape index (κ1) is 11.7. The van der Waals surface area contributed by atoms with Crippen molar-refractivity contribution in [2.24, 2.45) is 0 Å². The van der Waals surface area contributed by atoms with Gasteiger partial charge in [0.15, 0.2) is 0 Å². The number of carbonyl (C=O) groups is 1. The molecule has 1 atom stereocenters. The Morgan fingerprint density at radius 2 is 2.27 bits per heavy atom. The first-order chi connectivity index (χ1) is 7.15. The highest BCUT2D eigenvalue weighted by molar-refractivity contribution is 5.77. The van der Waals surface area contributed by atoms with E-state index in [2.05, 4.69) is 4.98 Å². The van der Waals surface area contributed by atoms with Gasteiger partial charge in [-0.15, -0.1) is 0 Å². The minimum Gasteiger partial charge on any atom is -0.468 e. The van der Waals surface area contributed by atoms with Crippen LogP contribution < -0.4 is 0 Å². The summed E-state index contributed by atoms with van der Waals surface area (Å²) < 4.78 is 4.76. The fraction of sp³-hybridized carbons (Fsp3) is 0.455. The van der Waals surface area contributed by atoms with Crippen molar-refractivity contribution >= 4 is 5.97 Å². The summed E-state index contributed by atoms with van der Waals surface area (Å²) in [7, 11) is 5.23. The molecule has 4 nitrogen and oxygen atoms in total. The number of aromatic nitrogens is 1. The fourth-order valence-electron chi connectivity index (χ4n) is 1.38. The molecular formula is C11H16N2O2. The number of pyridine rings is 1. The Morgan fingerprint density at radius 3 is 2.73 bits per heavy atom. The third kappa shape index (κ3) is 3.32. The van der Waals surface area contributed by atoms with Crippen LogP contribution in [-0.4, -0.2) is 43.6 Å². The lowest BCUT2D eigenvalue weighted by Gasteiger charge is -2.18. The molecule has 15 heavy (non-hydrogen) atoms. The van der Waals surface area contributed by atoms with Crippen molar-refractivity contribution in [2.45, 2.75) is 5.92 Å². The molecule has 0 aliphatic rings. The summed E-state index contributed by atoms with van der Waals surface area (Å²) in [5, 5.41) is 0. The van der Waals surface area contributed by atoms with Gasteiger partial charge in [0.05, 0.1) is 12.8 Å². The zero-order valence-electron chi connectivity index (χ0n) is 9.30. The zero-order valence-corrected chi connectivity index (χ0v) is 9.30. The highest BCUT2D eigenvalue weighted by Gasteiger charge is 2.22. The lowest BCUT2D eigenvalue weighted by Crippen LogP contribution is -2.27. The van der Waals surface area contributed by atoms with E-state index in [0.29, 0.717) is 6.54 Å². The van der Waals surface area contributed by atoms with Gasteiger partial charge in [-0.05, 0) is 26.2 Å². The van der Waals surface area contributed by atoms with Crippen molar-refractivity contribution in [3.05, 3.63) is 30.1 Å². The minimum absolute atomic E-state index is 0.248. The maximum absolute atomic E-state index is 11.6. The highest BCUT2D eigenvalue weighted by atomic mass is 16.5. The van der Waals surface area contributed by atoms with E-state index in [1.165, 1.54) is 7.11 Å². The molecule has 0 radical (unpaired) electrons. The number of ether oxygens (including phenoxy) is 1. The second kappa shape index (κ2) is 5.46. The van der Waals surface area contributed by atoms with E-state index in [1.54, 1.807) is 6.20 Å². The summed E-state index contributed by atoms with van der Waals surface area (Å²) in [6.07, 6.45) is 1.68. The van der Waals surface area contributed by atoms with Crippen molar-refractivity contribution in [3.8, 4) is 0 Å². The standard InChI is InChI=1S/C11H16N2O2/c1-13(2)8-9(11(14)15-3)10-6-4-5-7-12-10/h4-7,9H,8H2,1-3H3. The first-order valence-electron chi connectivity index (χ1n) is 4.78. The van der Waals surface area contributed by atoms with Gasteiger partial charge < -0.3 is 9.64 Å². The van der Waals surface area contributed by atoms with Gasteiger partial charge in [-0.1, -0.05) is 6.07 Å². The molecule has 0 fully saturated rings. The molecule has 0 saturated heterocycles. The van der Waals surface area contributed by atoms with Crippen LogP contribution in [0.5, 0.6) is 0 Å². The molecule has 0 aromatic carbocycles. The molecule has 0 N–H and O–H groups in total. The summed E-state index contributed by atoms with van der Waals surface area (Å²) in [5.41, 5.74) is 0.748. The number of rotatable bonds is 4. The number of likely N-dealkylation sites (N-methyl/N-ethyl adjacent to an activating group) is 1. The van der Waals surface area contributed by atoms with E-state index in [9.17, 15) is 4.79 Å². The van der Waals surface area contributed by atoms with Gasteiger partial charge in [-0.25, -0.2) is 0 Å². The molecule has 1 rings (SSSR count). The summed E-state index contributed by atoms with van der Waals surface area (Å²) in [6.45, 7) is 0.601. The van der Waals surface area contributed by atoms with Crippen molar-refractivity contribution in [3.63, 3.8) is 0 Å². The molecule has 1 unspecified atom stereocenters. The van der Waals surface area contributed by atoms with Gasteiger partial charge in [-0.2, -0.15) is 0 Å². The van der Waals surface area contributed by atoms with E-state index < -0.39 is 0 Å². The van der Waals surface area contributed by atoms with Crippen molar-refractivity contribution in [1.82, 2.24) is 9.88 Å². The normalized spacial score (nSPS) is 12.5. The van der Waals surface area contributed by atoms with E-state index >= 15 is 0 Å². The monoisotopic (exact) mass is 208 g/mol. The van der Waals surface area contributed by atoms with Gasteiger partial charge in [0.1, 0.15) is 5.92 Å². The molecular weight excluding hydrogens is 192 g/mol. The van der Waals surface area contributed by atoms with E-state index in [-0.39, 0.29) is 11.9 Å². The van der Waals surface area contributed by atoms with Crippen LogP contribution in [-0.2, 0) is 9.53 Å². The van der Waals surface area contributed by atoms with Crippen LogP contribution in [0.15, 0.2) is 24.4 Å². The third-order valence-electron chi connectivity index (χ3n) is 2.08. The Morgan fingerprint density at radius 1 is 1.53 bits per heavy atom. The van der Waals surface area contributed by atoms with E-state index in [0.717, 1.165) is 5.69 Å². The van der Waals surface area contributed by atoms with E-state index in [4.69, 9.17) is 4.74 Å². The average molecular weight is 208 g/mol. The molecule has 0 aliphatic carbocycles. The fourth-order valence-corrected chi connectivity index (χ4v) is 1.38. The second-order valence-electron chi connectivity index (χ2n) is 3.59. The predicted molar refractivity (Wildman–Crippen MR) is 57.5 cm³/mol. The number of esters is 1. The topological polar surface area (TPSA) is 42.4 Å². The largest absolute Gasteiger partial charge is 0.468 e. The molecule has 0 spiro atoms. The maximum Gasteiger partial charge on any atom is 0.316 e. The predicted octanol–water partition coefficient (Wildman–Crippen LogP) is 0.900. The number of methoxy groups -OCH3 is 1. The van der Waals surface area contributed by atoms with Crippen molar-refractivity contribution in [2.75, 3.05) is 27.7 Å². The van der Waals surface area contributed by atoms with Gasteiger partial charge in [0.2, 0.25) is 0 Å². The summed E-state index contributed by atoms with van der Waals surface area (Å²) >= 11 is 0. The second-order valence-corrected chi connectivity index (χ2v) is 3.59. The SMILES string of the molecule is COC(=O)C(CN(C)C)c1ccccn1. The molecule has 0 amide bonds. The molecule has 1 aromatic rings. The van der Waals surface area contributed by atoms with Crippen LogP contribution in [0.2, 0.25) is 0 Å². The number of hydrogen-bond donors (Lipinski definition) is 0. The number of hydrogen-bond acceptors (Lipinski definition) is 4. The highest BCUT2D eigenvalue weighted by Crippen LogP contribution is 2.15. The smallest absolute Gasteiger partial charge is 0.316 e. The Bertz CT molecular complexity index is 312. The van der Waals surface area contributed by atoms with Crippen molar-refractivity contribution < 1.29 is 9.53 Å². The summed E-state index contributed by atoms with van der Waals surface area (Å²) in [6, 6.07) is 5.53. The van der Waals surface area contributed by atoms with Gasteiger partial charge in [0.25, 0.3) is 0 Å². The molecule has 0 bridgehead atoms. The summed E-state index contributed by atoms with van der Waals surface area (Å²) in [5.74, 6) is -0.561. The third-order valence-corrected chi connectivity index (χ3v) is 2.08. The lowest BCUT2D eigenvalue weighted by atomic mass is 10.0. The lowest BCUT2D eigenvalue weighted by molar-refractivity contribution is -0.142. The van der Waals surface area contributed by atoms with Crippen molar-refractivity contribution in [1.29, 1.82) is 0 Å². The Labute approximate surface area is 89.9 Å². The Balaban J connectivity index is 2.86. The number of nitrogens with zero attached hydrogens (tertiary/aromatic N) is 2. The quantitative estimate of drug-likeness (QED) is 0.689. The van der Waals surface area contributed by atoms with Crippen LogP contribution >= 0.6 is 0 Å². The van der Waals surface area contributed by atoms with Gasteiger partial charge in [0, 0.05) is 12.7 Å². The number of carbonyl (C=O) groups excluding carboxylic acids is 1. The summed E-state index contributed by atoms with van der Waals surface area (Å²) in [4.78, 5) is 17.7. The van der Waals surface area contributed by atoms with Crippen LogP contribution in [0, 0.1) is 0 Å². The molecule has 1 heterocycles. The van der Waals surface area contributed by atoms with Crippen LogP contribution in [0.3, 0.4) is 0 Å². The Kier molecular flexibility index (Phi) is 4.24. The van der Waals surface area contributed by atoms with Gasteiger partial charge >= 0.3 is 5.97 Å². The Hall–Kier alpha value is -1.42. The molecule has 0 aliphatic heterocycles. The van der Waals surface area contributed by atoms with E-state index in [1.807, 2.05) is 37.2 Å². The molecule has 82 valence electrons. The molecule has 1 aromatic heterocycles. The van der Waals surface area contributed by atoms with Crippen LogP contribution in [0.4, 0.5) is 0 Å². The zero-order chi connectivity index (χ0) is 11.3. The molecule has 0 saturated carbocycles. The minimum atomic E-state index is -0.314. The van der Waals surface area contributed by atoms with Gasteiger partial charge in [-0.3, -0.25) is 9.78 Å². The average Bonchev–Trinajstić information content (AvgIpc) is 2.26. The van der Waals surface area contributed by atoms with Crippen LogP contribution in [0.25, 0.3) is 0 Å². The maximum atomic E-state index is 11.6. The molecule has 4 heteroatoms. The van der Waals surface area contributed by atoms with Crippen LogP contribution in [0.1, 0.15) is 11.6 Å².